The van der Waals surface area contributed by atoms with Crippen LogP contribution in [0.4, 0.5) is 0 Å². The van der Waals surface area contributed by atoms with Crippen molar-refractivity contribution < 1.29 is 304 Å². The van der Waals surface area contributed by atoms with Crippen LogP contribution in [0.15, 0.2) is 0 Å². The zero-order chi connectivity index (χ0) is 94.3. The van der Waals surface area contributed by atoms with Gasteiger partial charge in [-0.05, 0) is 218 Å². The second-order valence-electron chi connectivity index (χ2n) is 33.2. The third kappa shape index (κ3) is 77.6. The molecule has 2 saturated heterocycles. The fraction of sp³-hybridized carbons (Fsp3) is 0.765. The van der Waals surface area contributed by atoms with Crippen LogP contribution < -0.4 is 97.0 Å². The van der Waals surface area contributed by atoms with Gasteiger partial charge in [0.2, 0.25) is 88.6 Å². The van der Waals surface area contributed by atoms with Crippen LogP contribution in [0.5, 0.6) is 0 Å². The summed E-state index contributed by atoms with van der Waals surface area (Å²) in [5.41, 5.74) is 32.3. The van der Waals surface area contributed by atoms with E-state index >= 15 is 0 Å². The molecule has 0 spiro atoms. The van der Waals surface area contributed by atoms with Crippen molar-refractivity contribution in [2.45, 2.75) is 359 Å². The Kier molecular flexibility index (Phi) is 97.3. The molecule has 2 rings (SSSR count). The number of nitrogens with one attached hydrogen (secondary N) is 18. The van der Waals surface area contributed by atoms with E-state index in [1.165, 1.54) is 41.5 Å². The van der Waals surface area contributed by atoms with Crippen molar-refractivity contribution in [3.05, 3.63) is 38.5 Å². The molecule has 0 unspecified atom stereocenters. The summed E-state index contributed by atoms with van der Waals surface area (Å²) in [5, 5.41) is 40.4. The van der Waals surface area contributed by atoms with Gasteiger partial charge >= 0.3 is 0 Å². The number of hydrogen-bond donors (Lipinski definition) is 18. The van der Waals surface area contributed by atoms with Gasteiger partial charge in [-0.15, -0.1) is 0 Å². The van der Waals surface area contributed by atoms with E-state index < -0.39 is 167 Å². The molecule has 2 aliphatic rings. The van der Waals surface area contributed by atoms with Crippen LogP contribution in [0.2, 0.25) is 0 Å². The molecule has 131 heavy (non-hydrogen) atoms. The number of ether oxygens (including phenoxy) is 2. The van der Waals surface area contributed by atoms with Gasteiger partial charge < -0.3 is 131 Å². The van der Waals surface area contributed by atoms with Crippen molar-refractivity contribution in [3.8, 4) is 0 Å². The van der Waals surface area contributed by atoms with Crippen LogP contribution in [0, 0.1) is 21.3 Å². The molecule has 15 amide bonds. The van der Waals surface area contributed by atoms with E-state index in [9.17, 15) is 81.5 Å². The van der Waals surface area contributed by atoms with Gasteiger partial charge in [-0.2, -0.15) is 19.6 Å². The number of unbranched alkanes of at least 4 members (excludes halogenated alkanes) is 12. The molecule has 2 heterocycles. The van der Waals surface area contributed by atoms with E-state index in [0.717, 1.165) is 57.8 Å². The Hall–Kier alpha value is -2.89. The summed E-state index contributed by atoms with van der Waals surface area (Å²) in [7, 11) is 0. The predicted molar refractivity (Wildman–Crippen MR) is 474 cm³/mol. The van der Waals surface area contributed by atoms with E-state index in [1.807, 2.05) is 0 Å². The van der Waals surface area contributed by atoms with Gasteiger partial charge in [-0.25, -0.2) is 0 Å². The molecular weight excluding hydrogens is 2150 g/mol. The first-order chi connectivity index (χ1) is 58.4. The number of amides is 15. The molecule has 0 aromatic carbocycles. The third-order valence-corrected chi connectivity index (χ3v) is 19.1. The fourth-order valence-corrected chi connectivity index (χ4v) is 12.1. The quantitative estimate of drug-likeness (QED) is 0.0226. The van der Waals surface area contributed by atoms with Crippen LogP contribution in [-0.2, 0) is 287 Å². The number of esters is 2. The first-order valence-electron chi connectivity index (χ1n) is 44.3. The van der Waals surface area contributed by atoms with Crippen LogP contribution in [0.3, 0.4) is 0 Å². The van der Waals surface area contributed by atoms with Crippen LogP contribution in [0.1, 0.15) is 276 Å². The van der Waals surface area contributed by atoms with Crippen molar-refractivity contribution in [1.29, 1.82) is 0 Å². The summed E-state index contributed by atoms with van der Waals surface area (Å²) in [6.07, 6.45) is 15.6. The standard InChI is InChI=1S/C45H81N12O9.C27H51N9O6.2C6H11O2.CH3.6Y/c1-31-40(61)55-35(20-11-17-29-50-38(59)23-8-5-14-26-47)44(65)53-33(3)42(63)57-36(21-12-18-30-51-39(60)24-9-6-15-27-48)45(66)54-32(2)41(62)56-34(43(64)52-31)19-10-16-28-49-37(58)22-7-4-13-25-46;1-16-22(37)34-20(11-5-8-14-29)26(41)32-18(3)24(39)36-21(12-6-9-15-30)27(42)33-17(2)23(38)35-19(25(40)31-16)10-4-7-13-28;2*1-5(7)8-6(2,3)4;;;;;;;/h31-36,46-48H,4-30H2,1-3H3,(H,49,58)(H,50,59)(H,51,60)(H,52,64)(H,53,65)(H,54,66)(H,55,61)(H,56,62)(H,57,63);16-21H,4-15,28-30H2,1-3H3,(H,31,40)(H,32,41)(H,33,42)(H,34,37)(H,35,38)(H,36,39);2*1H2,2-4H3;1H3;;;;;;/q-3;;3*-1;;;;;;/p+3/t31-,32-,33-,34+,35+,36+;16-,17-,18-,19+,20+,21+;;;;;;;;;/m11........./s1. The summed E-state index contributed by atoms with van der Waals surface area (Å²) in [5.74, 6) is -8.84. The Balaban J connectivity index is -0.000000279. The molecule has 46 heteroatoms. The normalized spacial score (nSPS) is 20.7. The Morgan fingerprint density at radius 1 is 0.282 bits per heavy atom. The van der Waals surface area contributed by atoms with Crippen LogP contribution >= 0.6 is 0 Å². The zero-order valence-electron chi connectivity index (χ0n) is 80.8. The van der Waals surface area contributed by atoms with Crippen molar-refractivity contribution in [2.75, 3.05) is 58.9 Å². The molecule has 0 aromatic heterocycles. The average Bonchev–Trinajstić information content (AvgIpc) is 0.860. The molecule has 40 nitrogen and oxygen atoms in total. The van der Waals surface area contributed by atoms with Crippen LogP contribution in [-0.4, -0.2) is 243 Å². The Morgan fingerprint density at radius 2 is 0.450 bits per heavy atom. The third-order valence-electron chi connectivity index (χ3n) is 19.1. The molecule has 0 bridgehead atoms. The first kappa shape index (κ1) is 146. The van der Waals surface area contributed by atoms with Gasteiger partial charge in [0.15, 0.2) is 11.9 Å². The van der Waals surface area contributed by atoms with Gasteiger partial charge in [0.1, 0.15) is 83.7 Å². The summed E-state index contributed by atoms with van der Waals surface area (Å²) >= 11 is 0. The SMILES string of the molecule is C[C@H]1NC(=O)[C@H](CCCCNC(=O)CCCCC[NH-])NC(=O)[C@@H](C)NC(=O)[C@H](CCCCNC(=O)CCCCC[NH-])NC(=O)[C@@H](C)NC(=O)[C@H](CCCCNC(=O)CCCCC[NH-])NC1=O.C[C@H]1NC(=O)[C@H](CCCC[NH3+])NC(=O)[C@@H](C)NC(=O)[C@H](CCCC[NH3+])NC(=O)[C@@H](C)NC(=O)[C@H](CCCC[NH3+])NC1=O.[CH2-]C(=O)OC(C)(C)C.[CH2-]C(=O)OC(C)(C)C.[CH3-].[Y].[Y].[Y].[Y].[Y].[Y]. The predicted octanol–water partition coefficient (Wildman–Crippen LogP) is 0.631. The summed E-state index contributed by atoms with van der Waals surface area (Å²) in [4.78, 5) is 217. The molecule has 27 N–H and O–H groups in total. The maximum atomic E-state index is 13.7. The molecule has 0 saturated carbocycles. The molecule has 0 aliphatic carbocycles. The molecule has 740 valence electrons. The molecular formula is C85H160N21O19Y6-3. The van der Waals surface area contributed by atoms with E-state index in [2.05, 4.69) is 120 Å². The maximum Gasteiger partial charge on any atom is 0.243 e. The molecule has 2 aliphatic heterocycles. The zero-order valence-corrected chi connectivity index (χ0v) is 97.8. The minimum Gasteiger partial charge on any atom is -0.677 e. The minimum absolute atomic E-state index is 0. The Labute approximate surface area is 930 Å². The summed E-state index contributed by atoms with van der Waals surface area (Å²) < 4.78 is 9.38. The molecule has 2 fully saturated rings. The maximum absolute atomic E-state index is 13.7. The van der Waals surface area contributed by atoms with E-state index in [1.54, 1.807) is 41.5 Å². The topological polar surface area (TPSA) is 643 Å². The smallest absolute Gasteiger partial charge is 0.243 e. The number of hydrogen-bond acceptors (Lipinski definition) is 19. The largest absolute Gasteiger partial charge is 0.677 e. The molecule has 0 aromatic rings. The molecule has 12 atom stereocenters. The number of rotatable bonds is 42. The molecule has 6 radical (unpaired) electrons. The van der Waals surface area contributed by atoms with Crippen molar-refractivity contribution in [1.82, 2.24) is 79.8 Å². The number of carbonyl (C=O) groups excluding carboxylic acids is 17. The second kappa shape index (κ2) is 87.4. The van der Waals surface area contributed by atoms with Crippen molar-refractivity contribution >= 4 is 101 Å². The number of carbonyl (C=O) groups is 17. The Bertz CT molecular complexity index is 2960. The van der Waals surface area contributed by atoms with Gasteiger partial charge in [0.05, 0.1) is 19.6 Å². The van der Waals surface area contributed by atoms with Gasteiger partial charge in [0, 0.05) is 235 Å². The fourth-order valence-electron chi connectivity index (χ4n) is 12.1. The first-order valence-corrected chi connectivity index (χ1v) is 44.3. The number of quaternary nitrogens is 3. The van der Waals surface area contributed by atoms with E-state index in [4.69, 9.17) is 17.2 Å². The monoisotopic (exact) mass is 2310 g/mol. The van der Waals surface area contributed by atoms with Gasteiger partial charge in [0.25, 0.3) is 0 Å². The van der Waals surface area contributed by atoms with Crippen LogP contribution in [0.25, 0.3) is 17.2 Å². The summed E-state index contributed by atoms with van der Waals surface area (Å²) in [6, 6.07) is -12.8. The average molecular weight is 2310 g/mol. The Morgan fingerprint density at radius 3 is 0.588 bits per heavy atom. The van der Waals surface area contributed by atoms with Gasteiger partial charge in [-0.3, -0.25) is 95.4 Å². The van der Waals surface area contributed by atoms with Crippen molar-refractivity contribution in [3.63, 3.8) is 0 Å². The second-order valence-corrected chi connectivity index (χ2v) is 33.2. The van der Waals surface area contributed by atoms with Crippen molar-refractivity contribution in [2.24, 2.45) is 0 Å². The summed E-state index contributed by atoms with van der Waals surface area (Å²) in [6.45, 7) is 29.6. The van der Waals surface area contributed by atoms with Gasteiger partial charge in [-0.1, -0.05) is 38.5 Å². The minimum atomic E-state index is -1.17. The van der Waals surface area contributed by atoms with E-state index in [-0.39, 0.29) is 241 Å². The van der Waals surface area contributed by atoms with E-state index in [0.29, 0.717) is 174 Å².